The lowest BCUT2D eigenvalue weighted by atomic mass is 10.1. The van der Waals surface area contributed by atoms with E-state index in [0.717, 1.165) is 6.42 Å². The van der Waals surface area contributed by atoms with Crippen LogP contribution in [0.15, 0.2) is 58.4 Å². The van der Waals surface area contributed by atoms with Crippen molar-refractivity contribution in [1.29, 1.82) is 0 Å². The summed E-state index contributed by atoms with van der Waals surface area (Å²) in [6.07, 6.45) is 0.0795. The Kier molecular flexibility index (Phi) is 7.04. The normalized spacial score (nSPS) is 16.0. The first kappa shape index (κ1) is 23.1. The molecule has 9 nitrogen and oxygen atoms in total. The van der Waals surface area contributed by atoms with Crippen molar-refractivity contribution in [2.75, 3.05) is 11.9 Å². The van der Waals surface area contributed by atoms with Crippen LogP contribution in [0.5, 0.6) is 0 Å². The summed E-state index contributed by atoms with van der Waals surface area (Å²) in [7, 11) is -3.70. The molecule has 0 aromatic heterocycles. The van der Waals surface area contributed by atoms with Crippen LogP contribution in [0.3, 0.4) is 0 Å². The highest BCUT2D eigenvalue weighted by molar-refractivity contribution is 7.90. The number of carbonyl (C=O) groups is 3. The Morgan fingerprint density at radius 2 is 1.78 bits per heavy atom. The van der Waals surface area contributed by atoms with E-state index in [9.17, 15) is 22.8 Å². The molecule has 1 unspecified atom stereocenters. The predicted octanol–water partition coefficient (Wildman–Crippen LogP) is 2.28. The van der Waals surface area contributed by atoms with Gasteiger partial charge in [-0.1, -0.05) is 19.1 Å². The summed E-state index contributed by atoms with van der Waals surface area (Å²) in [6.45, 7) is 2.89. The van der Waals surface area contributed by atoms with Gasteiger partial charge in [-0.25, -0.2) is 8.42 Å². The molecule has 0 fully saturated rings. The first-order valence-electron chi connectivity index (χ1n) is 10.0. The van der Waals surface area contributed by atoms with Crippen LogP contribution in [0.1, 0.15) is 42.6 Å². The van der Waals surface area contributed by atoms with Gasteiger partial charge in [0, 0.05) is 23.2 Å². The smallest absolute Gasteiger partial charge is 0.328 e. The van der Waals surface area contributed by atoms with Gasteiger partial charge >= 0.3 is 5.97 Å². The van der Waals surface area contributed by atoms with Gasteiger partial charge in [0.15, 0.2) is 6.10 Å². The van der Waals surface area contributed by atoms with E-state index >= 15 is 0 Å². The van der Waals surface area contributed by atoms with E-state index in [0.29, 0.717) is 23.2 Å². The van der Waals surface area contributed by atoms with Crippen molar-refractivity contribution in [2.45, 2.75) is 37.7 Å². The molecule has 2 N–H and O–H groups in total. The molecule has 0 aliphatic carbocycles. The molecule has 0 saturated carbocycles. The molecular formula is C22H23N3O6S. The second-order valence-corrected chi connectivity index (χ2v) is 8.79. The molecule has 32 heavy (non-hydrogen) atoms. The largest absolute Gasteiger partial charge is 0.453 e. The summed E-state index contributed by atoms with van der Waals surface area (Å²) in [4.78, 5) is 40.4. The lowest BCUT2D eigenvalue weighted by molar-refractivity contribution is -0.144. The van der Waals surface area contributed by atoms with Crippen LogP contribution >= 0.6 is 0 Å². The maximum absolute atomic E-state index is 12.5. The van der Waals surface area contributed by atoms with Crippen molar-refractivity contribution < 1.29 is 27.5 Å². The van der Waals surface area contributed by atoms with Gasteiger partial charge in [-0.15, -0.1) is 0 Å². The number of anilines is 1. The Labute approximate surface area is 185 Å². The number of ether oxygens (including phenoxy) is 1. The molecule has 1 atom stereocenters. The number of hydrogen-bond acceptors (Lipinski definition) is 7. The van der Waals surface area contributed by atoms with Crippen molar-refractivity contribution in [3.63, 3.8) is 0 Å². The Hall–Kier alpha value is -3.53. The van der Waals surface area contributed by atoms with Crippen molar-refractivity contribution in [3.05, 3.63) is 59.7 Å². The zero-order valence-electron chi connectivity index (χ0n) is 17.6. The number of Topliss-reactive ketones (excluding diaryl/α,β-unsaturated/α-hetero) is 1. The average Bonchev–Trinajstić information content (AvgIpc) is 3.03. The number of ketones is 1. The summed E-state index contributed by atoms with van der Waals surface area (Å²) in [6, 6.07) is 12.6. The maximum atomic E-state index is 12.5. The van der Waals surface area contributed by atoms with Crippen molar-refractivity contribution in [3.8, 4) is 0 Å². The van der Waals surface area contributed by atoms with Crippen molar-refractivity contribution >= 4 is 39.2 Å². The van der Waals surface area contributed by atoms with Gasteiger partial charge in [0.1, 0.15) is 12.4 Å². The molecule has 2 aromatic carbocycles. The summed E-state index contributed by atoms with van der Waals surface area (Å²) in [5.41, 5.74) is 1.26. The van der Waals surface area contributed by atoms with Gasteiger partial charge in [-0.2, -0.15) is 0 Å². The van der Waals surface area contributed by atoms with Crippen LogP contribution in [-0.2, 0) is 24.3 Å². The fourth-order valence-corrected chi connectivity index (χ4v) is 4.34. The number of aliphatic imine (C=N–C) groups is 1. The van der Waals surface area contributed by atoms with Gasteiger partial charge in [0.05, 0.1) is 4.90 Å². The van der Waals surface area contributed by atoms with Crippen molar-refractivity contribution in [2.24, 2.45) is 4.99 Å². The monoisotopic (exact) mass is 457 g/mol. The number of carbonyl (C=O) groups excluding carboxylic acids is 3. The molecule has 0 spiro atoms. The molecule has 168 valence electrons. The third-order valence-electron chi connectivity index (χ3n) is 4.64. The number of nitrogens with zero attached hydrogens (tertiary/aromatic N) is 1. The molecule has 1 heterocycles. The second-order valence-electron chi connectivity index (χ2n) is 7.14. The van der Waals surface area contributed by atoms with E-state index in [1.54, 1.807) is 42.5 Å². The van der Waals surface area contributed by atoms with Gasteiger partial charge in [0.2, 0.25) is 11.7 Å². The lowest BCUT2D eigenvalue weighted by Gasteiger charge is -2.12. The van der Waals surface area contributed by atoms with E-state index in [2.05, 4.69) is 15.0 Å². The minimum absolute atomic E-state index is 0.0530. The second kappa shape index (κ2) is 9.73. The van der Waals surface area contributed by atoms with E-state index in [-0.39, 0.29) is 16.6 Å². The number of sulfonamides is 1. The number of esters is 1. The fourth-order valence-electron chi connectivity index (χ4n) is 3.09. The third kappa shape index (κ3) is 5.38. The standard InChI is InChI=1S/C22H23N3O6S/c1-3-6-19(26)24-16-11-9-15(10-12-16)21(28)14(2)31-20(27)13-23-22-17-7-4-5-8-18(17)32(29,30)25-22/h4-5,7-12,14H,3,6,13H2,1-2H3,(H,23,25)(H,24,26). The molecule has 0 saturated heterocycles. The zero-order chi connectivity index (χ0) is 23.3. The number of nitrogens with one attached hydrogen (secondary N) is 2. The van der Waals surface area contributed by atoms with Gasteiger partial charge < -0.3 is 10.1 Å². The molecule has 0 radical (unpaired) electrons. The molecule has 2 aromatic rings. The van der Waals surface area contributed by atoms with Crippen LogP contribution in [0.25, 0.3) is 0 Å². The van der Waals surface area contributed by atoms with Crippen LogP contribution in [0.4, 0.5) is 5.69 Å². The lowest BCUT2D eigenvalue weighted by Crippen LogP contribution is -2.27. The predicted molar refractivity (Wildman–Crippen MR) is 118 cm³/mol. The molecule has 1 aliphatic rings. The van der Waals surface area contributed by atoms with E-state index in [1.165, 1.54) is 13.0 Å². The topological polar surface area (TPSA) is 131 Å². The number of amides is 1. The van der Waals surface area contributed by atoms with Crippen LogP contribution < -0.4 is 10.0 Å². The summed E-state index contributed by atoms with van der Waals surface area (Å²) in [5, 5.41) is 2.73. The molecule has 0 bridgehead atoms. The zero-order valence-corrected chi connectivity index (χ0v) is 18.4. The van der Waals surface area contributed by atoms with Gasteiger partial charge in [-0.3, -0.25) is 24.1 Å². The number of fused-ring (bicyclic) bond motifs is 1. The Morgan fingerprint density at radius 1 is 1.09 bits per heavy atom. The van der Waals surface area contributed by atoms with E-state index in [1.807, 2.05) is 6.92 Å². The van der Waals surface area contributed by atoms with Crippen LogP contribution in [0.2, 0.25) is 0 Å². The summed E-state index contributed by atoms with van der Waals surface area (Å²) >= 11 is 0. The average molecular weight is 458 g/mol. The SMILES string of the molecule is CCCC(=O)Nc1ccc(C(=O)C(C)OC(=O)CN=C2NS(=O)(=O)c3ccccc32)cc1. The van der Waals surface area contributed by atoms with Gasteiger partial charge in [0.25, 0.3) is 10.0 Å². The molecule has 1 aliphatic heterocycles. The summed E-state index contributed by atoms with van der Waals surface area (Å²) in [5.74, 6) is -1.24. The first-order chi connectivity index (χ1) is 15.2. The highest BCUT2D eigenvalue weighted by Gasteiger charge is 2.30. The van der Waals surface area contributed by atoms with E-state index in [4.69, 9.17) is 4.74 Å². The number of hydrogen-bond donors (Lipinski definition) is 2. The van der Waals surface area contributed by atoms with Crippen molar-refractivity contribution in [1.82, 2.24) is 4.72 Å². The number of rotatable bonds is 8. The van der Waals surface area contributed by atoms with Crippen LogP contribution in [0, 0.1) is 0 Å². The summed E-state index contributed by atoms with van der Waals surface area (Å²) < 4.78 is 31.6. The minimum Gasteiger partial charge on any atom is -0.453 e. The fraction of sp³-hybridized carbons (Fsp3) is 0.273. The highest BCUT2D eigenvalue weighted by atomic mass is 32.2. The first-order valence-corrected chi connectivity index (χ1v) is 11.5. The molecular weight excluding hydrogens is 434 g/mol. The molecule has 3 rings (SSSR count). The highest BCUT2D eigenvalue weighted by Crippen LogP contribution is 2.22. The van der Waals surface area contributed by atoms with Gasteiger partial charge in [-0.05, 0) is 49.7 Å². The number of benzene rings is 2. The van der Waals surface area contributed by atoms with Crippen LogP contribution in [-0.4, -0.2) is 44.6 Å². The Bertz CT molecular complexity index is 1170. The third-order valence-corrected chi connectivity index (χ3v) is 6.03. The number of amidine groups is 1. The molecule has 1 amide bonds. The molecule has 10 heteroatoms. The Balaban J connectivity index is 1.58. The quantitative estimate of drug-likeness (QED) is 0.462. The Morgan fingerprint density at radius 3 is 2.47 bits per heavy atom. The maximum Gasteiger partial charge on any atom is 0.328 e. The van der Waals surface area contributed by atoms with E-state index < -0.39 is 34.4 Å². The minimum atomic E-state index is -3.70.